The molecule has 0 bridgehead atoms. The summed E-state index contributed by atoms with van der Waals surface area (Å²) >= 11 is 0. The van der Waals surface area contributed by atoms with E-state index in [1.807, 2.05) is 0 Å². The van der Waals surface area contributed by atoms with Gasteiger partial charge < -0.3 is 10.1 Å². The number of esters is 1. The third-order valence-corrected chi connectivity index (χ3v) is 2.30. The van der Waals surface area contributed by atoms with Crippen LogP contribution in [-0.2, 0) is 14.3 Å². The van der Waals surface area contributed by atoms with Crippen molar-refractivity contribution in [3.05, 3.63) is 0 Å². The molecule has 0 aliphatic carbocycles. The van der Waals surface area contributed by atoms with Gasteiger partial charge in [-0.25, -0.2) is 4.79 Å². The van der Waals surface area contributed by atoms with Gasteiger partial charge in [-0.1, -0.05) is 13.8 Å². The summed E-state index contributed by atoms with van der Waals surface area (Å²) in [5, 5.41) is 1.08. The molecule has 0 fully saturated rings. The second kappa shape index (κ2) is 6.69. The fraction of sp³-hybridized carbons (Fsp3) is 0.818. The first-order valence-electron chi connectivity index (χ1n) is 5.94. The molecule has 0 spiro atoms. The molecule has 4 nitrogen and oxygen atoms in total. The molecule has 0 aromatic carbocycles. The summed E-state index contributed by atoms with van der Waals surface area (Å²) in [4.78, 5) is 22.2. The number of amides is 1. The van der Waals surface area contributed by atoms with E-state index in [1.54, 1.807) is 13.8 Å². The van der Waals surface area contributed by atoms with Crippen LogP contribution in [0.4, 0.5) is 30.7 Å². The first-order valence-corrected chi connectivity index (χ1v) is 5.94. The second-order valence-electron chi connectivity index (χ2n) is 4.87. The van der Waals surface area contributed by atoms with Crippen LogP contribution < -0.4 is 5.32 Å². The van der Waals surface area contributed by atoms with Crippen LogP contribution in [0, 0.1) is 5.92 Å². The van der Waals surface area contributed by atoms with Gasteiger partial charge in [-0.15, -0.1) is 0 Å². The van der Waals surface area contributed by atoms with E-state index in [2.05, 4.69) is 4.74 Å². The Hall–Kier alpha value is -1.55. The predicted octanol–water partition coefficient (Wildman–Crippen LogP) is 2.52. The number of hydrogen-bond acceptors (Lipinski definition) is 3. The van der Waals surface area contributed by atoms with E-state index in [4.69, 9.17) is 0 Å². The lowest BCUT2D eigenvalue weighted by atomic mass is 10.1. The van der Waals surface area contributed by atoms with Crippen molar-refractivity contribution in [1.82, 2.24) is 5.32 Å². The van der Waals surface area contributed by atoms with Crippen molar-refractivity contribution in [3.63, 3.8) is 0 Å². The van der Waals surface area contributed by atoms with Crippen LogP contribution >= 0.6 is 0 Å². The smallest absolute Gasteiger partial charge is 0.460 e. The molecule has 0 aliphatic heterocycles. The van der Waals surface area contributed by atoms with E-state index in [0.717, 1.165) is 12.2 Å². The van der Waals surface area contributed by atoms with Gasteiger partial charge in [0.2, 0.25) is 0 Å². The summed E-state index contributed by atoms with van der Waals surface area (Å²) in [5.41, 5.74) is 0. The number of carbonyl (C=O) groups excluding carboxylic acids is 2. The molecule has 0 heterocycles. The first-order chi connectivity index (χ1) is 9.64. The third-order valence-electron chi connectivity index (χ3n) is 2.30. The van der Waals surface area contributed by atoms with E-state index in [0.29, 0.717) is 0 Å². The molecular weight excluding hydrogens is 327 g/mol. The minimum atomic E-state index is -6.63. The number of carbonyl (C=O) groups is 2. The number of hydrogen-bond donors (Lipinski definition) is 1. The Morgan fingerprint density at radius 2 is 1.45 bits per heavy atom. The average molecular weight is 341 g/mol. The summed E-state index contributed by atoms with van der Waals surface area (Å²) in [7, 11) is 0. The maximum atomic E-state index is 13.0. The van der Waals surface area contributed by atoms with Gasteiger partial charge in [-0.3, -0.25) is 4.79 Å². The molecule has 0 rings (SSSR count). The van der Waals surface area contributed by atoms with E-state index in [1.165, 1.54) is 0 Å². The fourth-order valence-corrected chi connectivity index (χ4v) is 1.04. The number of halogens is 7. The highest BCUT2D eigenvalue weighted by molar-refractivity contribution is 5.89. The molecule has 0 aliphatic rings. The standard InChI is InChI=1S/C11H14F7NO3/c1-5(2)4-22-7(20)6(3)19-8(21)9(12,13)10(14,15)11(16,17)18/h5-6H,4H2,1-3H3,(H,19,21)/t6-/m0/s1. The van der Waals surface area contributed by atoms with Crippen LogP contribution in [0.1, 0.15) is 20.8 Å². The quantitative estimate of drug-likeness (QED) is 0.597. The number of ether oxygens (including phenoxy) is 1. The molecule has 0 aromatic rings. The minimum absolute atomic E-state index is 0.136. The fourth-order valence-electron chi connectivity index (χ4n) is 1.04. The molecule has 1 N–H and O–H groups in total. The molecule has 0 saturated carbocycles. The van der Waals surface area contributed by atoms with Gasteiger partial charge in [-0.05, 0) is 12.8 Å². The van der Waals surface area contributed by atoms with Crippen molar-refractivity contribution >= 4 is 11.9 Å². The molecule has 1 atom stereocenters. The Morgan fingerprint density at radius 1 is 1.00 bits per heavy atom. The van der Waals surface area contributed by atoms with E-state index in [-0.39, 0.29) is 12.5 Å². The highest BCUT2D eigenvalue weighted by Crippen LogP contribution is 2.46. The van der Waals surface area contributed by atoms with Gasteiger partial charge >= 0.3 is 24.0 Å². The second-order valence-corrected chi connectivity index (χ2v) is 4.87. The third kappa shape index (κ3) is 4.47. The Morgan fingerprint density at radius 3 is 1.82 bits per heavy atom. The summed E-state index contributed by atoms with van der Waals surface area (Å²) in [5.74, 6) is -17.0. The molecular formula is C11H14F7NO3. The van der Waals surface area contributed by atoms with Crippen LogP contribution in [0.15, 0.2) is 0 Å². The van der Waals surface area contributed by atoms with Crippen molar-refractivity contribution in [2.45, 2.75) is 44.8 Å². The van der Waals surface area contributed by atoms with Gasteiger partial charge in [0.1, 0.15) is 6.04 Å². The van der Waals surface area contributed by atoms with Crippen LogP contribution in [0.2, 0.25) is 0 Å². The number of rotatable bonds is 6. The lowest BCUT2D eigenvalue weighted by Gasteiger charge is -2.27. The highest BCUT2D eigenvalue weighted by Gasteiger charge is 2.76. The summed E-state index contributed by atoms with van der Waals surface area (Å²) < 4.78 is 91.4. The number of alkyl halides is 7. The topological polar surface area (TPSA) is 55.4 Å². The average Bonchev–Trinajstić information content (AvgIpc) is 2.33. The Balaban J connectivity index is 4.94. The van der Waals surface area contributed by atoms with Gasteiger partial charge in [0.05, 0.1) is 6.61 Å². The maximum absolute atomic E-state index is 13.0. The minimum Gasteiger partial charge on any atom is -0.464 e. The lowest BCUT2D eigenvalue weighted by molar-refractivity contribution is -0.344. The molecule has 1 amide bonds. The maximum Gasteiger partial charge on any atom is 0.460 e. The predicted molar refractivity (Wildman–Crippen MR) is 59.4 cm³/mol. The summed E-state index contributed by atoms with van der Waals surface area (Å²) in [6.45, 7) is 3.93. The highest BCUT2D eigenvalue weighted by atomic mass is 19.4. The Labute approximate surface area is 121 Å². The van der Waals surface area contributed by atoms with E-state index < -0.39 is 35.9 Å². The molecule has 11 heteroatoms. The van der Waals surface area contributed by atoms with Gasteiger partial charge in [0.15, 0.2) is 0 Å². The van der Waals surface area contributed by atoms with Crippen LogP contribution in [-0.4, -0.2) is 42.5 Å². The zero-order valence-corrected chi connectivity index (χ0v) is 11.7. The van der Waals surface area contributed by atoms with Crippen LogP contribution in [0.3, 0.4) is 0 Å². The summed E-state index contributed by atoms with van der Waals surface area (Å²) in [6.07, 6.45) is -6.63. The first kappa shape index (κ1) is 20.5. The normalized spacial score (nSPS) is 14.7. The Kier molecular flexibility index (Phi) is 6.22. The molecule has 130 valence electrons. The van der Waals surface area contributed by atoms with Crippen molar-refractivity contribution in [3.8, 4) is 0 Å². The van der Waals surface area contributed by atoms with Crippen molar-refractivity contribution < 1.29 is 45.1 Å². The summed E-state index contributed by atoms with van der Waals surface area (Å²) in [6, 6.07) is -1.82. The van der Waals surface area contributed by atoms with Gasteiger partial charge in [0, 0.05) is 0 Å². The van der Waals surface area contributed by atoms with Gasteiger partial charge in [-0.2, -0.15) is 30.7 Å². The molecule has 0 saturated heterocycles. The van der Waals surface area contributed by atoms with E-state index in [9.17, 15) is 40.3 Å². The molecule has 22 heavy (non-hydrogen) atoms. The van der Waals surface area contributed by atoms with Crippen molar-refractivity contribution in [1.29, 1.82) is 0 Å². The SMILES string of the molecule is CC(C)COC(=O)[C@H](C)NC(=O)C(F)(F)C(F)(F)C(F)(F)F. The molecule has 0 aromatic heterocycles. The molecule has 0 unspecified atom stereocenters. The molecule has 0 radical (unpaired) electrons. The lowest BCUT2D eigenvalue weighted by Crippen LogP contribution is -2.61. The van der Waals surface area contributed by atoms with Crippen LogP contribution in [0.25, 0.3) is 0 Å². The monoisotopic (exact) mass is 341 g/mol. The largest absolute Gasteiger partial charge is 0.464 e. The van der Waals surface area contributed by atoms with Crippen LogP contribution in [0.5, 0.6) is 0 Å². The zero-order valence-electron chi connectivity index (χ0n) is 11.7. The van der Waals surface area contributed by atoms with Gasteiger partial charge in [0.25, 0.3) is 5.91 Å². The van der Waals surface area contributed by atoms with E-state index >= 15 is 0 Å². The number of nitrogens with one attached hydrogen (secondary N) is 1. The van der Waals surface area contributed by atoms with Crippen molar-refractivity contribution in [2.75, 3.05) is 6.61 Å². The zero-order chi connectivity index (χ0) is 17.9. The Bertz CT molecular complexity index is 420. The van der Waals surface area contributed by atoms with Crippen molar-refractivity contribution in [2.24, 2.45) is 5.92 Å².